The number of rotatable bonds is 8. The van der Waals surface area contributed by atoms with Gasteiger partial charge < -0.3 is 15.4 Å². The number of hydrogen-bond donors (Lipinski definition) is 2. The molecule has 1 aliphatic carbocycles. The second-order valence-electron chi connectivity index (χ2n) is 7.18. The number of anilines is 1. The van der Waals surface area contributed by atoms with E-state index in [9.17, 15) is 0 Å². The van der Waals surface area contributed by atoms with Crippen molar-refractivity contribution >= 4 is 23.0 Å². The maximum absolute atomic E-state index is 5.63. The van der Waals surface area contributed by atoms with Crippen molar-refractivity contribution in [2.24, 2.45) is 0 Å². The summed E-state index contributed by atoms with van der Waals surface area (Å²) < 4.78 is 5.60. The number of hydrogen-bond acceptors (Lipinski definition) is 2. The third kappa shape index (κ3) is 5.83. The van der Waals surface area contributed by atoms with Crippen LogP contribution in [0.25, 0.3) is 0 Å². The summed E-state index contributed by atoms with van der Waals surface area (Å²) in [4.78, 5) is 0. The van der Waals surface area contributed by atoms with Crippen LogP contribution in [0.1, 0.15) is 37.7 Å². The molecule has 0 aromatic heterocycles. The van der Waals surface area contributed by atoms with Crippen molar-refractivity contribution in [2.45, 2.75) is 44.1 Å². The van der Waals surface area contributed by atoms with Crippen LogP contribution in [0, 0.1) is 0 Å². The predicted molar refractivity (Wildman–Crippen MR) is 117 cm³/mol. The van der Waals surface area contributed by atoms with E-state index in [4.69, 9.17) is 17.0 Å². The summed E-state index contributed by atoms with van der Waals surface area (Å²) in [7, 11) is 0. The van der Waals surface area contributed by atoms with Crippen molar-refractivity contribution in [3.05, 3.63) is 72.8 Å². The zero-order valence-electron chi connectivity index (χ0n) is 15.7. The molecule has 1 fully saturated rings. The fourth-order valence-corrected chi connectivity index (χ4v) is 4.07. The smallest absolute Gasteiger partial charge is 0.171 e. The van der Waals surface area contributed by atoms with Crippen molar-refractivity contribution in [1.29, 1.82) is 0 Å². The Morgan fingerprint density at radius 3 is 2.63 bits per heavy atom. The van der Waals surface area contributed by atoms with Gasteiger partial charge in [0.05, 0.1) is 0 Å². The molecule has 142 valence electrons. The van der Waals surface area contributed by atoms with Crippen LogP contribution in [-0.4, -0.2) is 17.3 Å². The van der Waals surface area contributed by atoms with E-state index >= 15 is 0 Å². The minimum Gasteiger partial charge on any atom is -0.489 e. The molecule has 0 aliphatic heterocycles. The lowest BCUT2D eigenvalue weighted by atomic mass is 9.89. The van der Waals surface area contributed by atoms with Gasteiger partial charge in [-0.05, 0) is 55.6 Å². The Kier molecular flexibility index (Phi) is 6.88. The van der Waals surface area contributed by atoms with Gasteiger partial charge in [-0.15, -0.1) is 0 Å². The van der Waals surface area contributed by atoms with E-state index < -0.39 is 0 Å². The van der Waals surface area contributed by atoms with Gasteiger partial charge in [0.15, 0.2) is 5.11 Å². The second kappa shape index (κ2) is 9.56. The maximum atomic E-state index is 5.63. The highest BCUT2D eigenvalue weighted by Crippen LogP contribution is 2.34. The standard InChI is InChI=1S/C23H28N2OS/c1-2-17-26-21-12-8-11-20(18-21)24-22(27)25-23(14-6-7-15-23)16-13-19-9-4-3-5-10-19/h2-5,8-12,18H,1,6-7,13-17H2,(H2,24,25,27). The Balaban J connectivity index is 1.59. The normalized spacial score (nSPS) is 15.1. The first-order chi connectivity index (χ1) is 13.2. The van der Waals surface area contributed by atoms with Crippen LogP contribution in [0.5, 0.6) is 5.75 Å². The molecule has 0 amide bonds. The fraction of sp³-hybridized carbons (Fsp3) is 0.348. The number of nitrogens with one attached hydrogen (secondary N) is 2. The third-order valence-electron chi connectivity index (χ3n) is 5.13. The lowest BCUT2D eigenvalue weighted by Gasteiger charge is -2.32. The molecule has 0 radical (unpaired) electrons. The highest BCUT2D eigenvalue weighted by Gasteiger charge is 2.34. The molecule has 27 heavy (non-hydrogen) atoms. The summed E-state index contributed by atoms with van der Waals surface area (Å²) in [5, 5.41) is 7.65. The molecule has 1 saturated carbocycles. The van der Waals surface area contributed by atoms with Gasteiger partial charge in [0.2, 0.25) is 0 Å². The van der Waals surface area contributed by atoms with E-state index in [1.165, 1.54) is 31.2 Å². The molecular weight excluding hydrogens is 352 g/mol. The van der Waals surface area contributed by atoms with Crippen molar-refractivity contribution < 1.29 is 4.74 Å². The zero-order chi connectivity index (χ0) is 19.0. The van der Waals surface area contributed by atoms with Gasteiger partial charge in [-0.1, -0.05) is 61.9 Å². The van der Waals surface area contributed by atoms with Crippen LogP contribution in [0.2, 0.25) is 0 Å². The van der Waals surface area contributed by atoms with Gasteiger partial charge in [0, 0.05) is 17.3 Å². The average Bonchev–Trinajstić information content (AvgIpc) is 3.14. The molecule has 0 unspecified atom stereocenters. The largest absolute Gasteiger partial charge is 0.489 e. The van der Waals surface area contributed by atoms with Crippen molar-refractivity contribution in [3.8, 4) is 5.75 Å². The van der Waals surface area contributed by atoms with E-state index in [0.29, 0.717) is 11.7 Å². The van der Waals surface area contributed by atoms with Gasteiger partial charge in [0.1, 0.15) is 12.4 Å². The summed E-state index contributed by atoms with van der Waals surface area (Å²) in [6.07, 6.45) is 8.77. The quantitative estimate of drug-likeness (QED) is 0.469. The Bertz CT molecular complexity index is 754. The highest BCUT2D eigenvalue weighted by molar-refractivity contribution is 7.80. The molecule has 0 saturated heterocycles. The van der Waals surface area contributed by atoms with Crippen LogP contribution >= 0.6 is 12.2 Å². The Morgan fingerprint density at radius 2 is 1.89 bits per heavy atom. The van der Waals surface area contributed by atoms with Crippen LogP contribution in [0.15, 0.2) is 67.3 Å². The van der Waals surface area contributed by atoms with Crippen LogP contribution in [0.3, 0.4) is 0 Å². The third-order valence-corrected chi connectivity index (χ3v) is 5.34. The summed E-state index contributed by atoms with van der Waals surface area (Å²) >= 11 is 5.63. The van der Waals surface area contributed by atoms with Gasteiger partial charge in [-0.2, -0.15) is 0 Å². The molecule has 2 aromatic carbocycles. The van der Waals surface area contributed by atoms with Crippen LogP contribution in [0.4, 0.5) is 5.69 Å². The minimum absolute atomic E-state index is 0.0941. The molecule has 0 atom stereocenters. The van der Waals surface area contributed by atoms with Gasteiger partial charge in [0.25, 0.3) is 0 Å². The van der Waals surface area contributed by atoms with E-state index in [0.717, 1.165) is 24.3 Å². The topological polar surface area (TPSA) is 33.3 Å². The zero-order valence-corrected chi connectivity index (χ0v) is 16.6. The SMILES string of the molecule is C=CCOc1cccc(NC(=S)NC2(CCc3ccccc3)CCCC2)c1. The number of thiocarbonyl (C=S) groups is 1. The molecule has 3 rings (SSSR count). The number of ether oxygens (including phenoxy) is 1. The Hall–Kier alpha value is -2.33. The van der Waals surface area contributed by atoms with E-state index in [1.54, 1.807) is 6.08 Å². The highest BCUT2D eigenvalue weighted by atomic mass is 32.1. The number of aryl methyl sites for hydroxylation is 1. The summed E-state index contributed by atoms with van der Waals surface area (Å²) in [6, 6.07) is 18.5. The van der Waals surface area contributed by atoms with Crippen LogP contribution < -0.4 is 15.4 Å². The van der Waals surface area contributed by atoms with Gasteiger partial charge in [-0.25, -0.2) is 0 Å². The Labute approximate surface area is 167 Å². The summed E-state index contributed by atoms with van der Waals surface area (Å²) in [5.74, 6) is 0.808. The molecule has 2 aromatic rings. The fourth-order valence-electron chi connectivity index (χ4n) is 3.74. The molecule has 4 heteroatoms. The van der Waals surface area contributed by atoms with Crippen molar-refractivity contribution in [2.75, 3.05) is 11.9 Å². The van der Waals surface area contributed by atoms with Crippen LogP contribution in [-0.2, 0) is 6.42 Å². The Morgan fingerprint density at radius 1 is 1.11 bits per heavy atom. The minimum atomic E-state index is 0.0941. The molecule has 2 N–H and O–H groups in total. The molecule has 3 nitrogen and oxygen atoms in total. The molecule has 0 bridgehead atoms. The first-order valence-corrected chi connectivity index (χ1v) is 10.1. The van der Waals surface area contributed by atoms with Crippen molar-refractivity contribution in [1.82, 2.24) is 5.32 Å². The summed E-state index contributed by atoms with van der Waals surface area (Å²) in [6.45, 7) is 4.17. The van der Waals surface area contributed by atoms with E-state index in [2.05, 4.69) is 47.5 Å². The van der Waals surface area contributed by atoms with E-state index in [-0.39, 0.29) is 5.54 Å². The lowest BCUT2D eigenvalue weighted by Crippen LogP contribution is -2.48. The first-order valence-electron chi connectivity index (χ1n) is 9.66. The van der Waals surface area contributed by atoms with Gasteiger partial charge >= 0.3 is 0 Å². The average molecular weight is 381 g/mol. The lowest BCUT2D eigenvalue weighted by molar-refractivity contribution is 0.362. The predicted octanol–water partition coefficient (Wildman–Crippen LogP) is 5.48. The van der Waals surface area contributed by atoms with Crippen molar-refractivity contribution in [3.63, 3.8) is 0 Å². The second-order valence-corrected chi connectivity index (χ2v) is 7.59. The molecule has 0 heterocycles. The molecule has 1 aliphatic rings. The monoisotopic (exact) mass is 380 g/mol. The first kappa shape index (κ1) is 19.4. The summed E-state index contributed by atoms with van der Waals surface area (Å²) in [5.41, 5.74) is 2.42. The maximum Gasteiger partial charge on any atom is 0.171 e. The van der Waals surface area contributed by atoms with Gasteiger partial charge in [-0.3, -0.25) is 0 Å². The molecular formula is C23H28N2OS. The molecule has 0 spiro atoms. The van der Waals surface area contributed by atoms with E-state index in [1.807, 2.05) is 24.3 Å². The number of benzene rings is 2.